The molecular weight excluding hydrogens is 286 g/mol. The molecule has 0 radical (unpaired) electrons. The van der Waals surface area contributed by atoms with Gasteiger partial charge in [-0.1, -0.05) is 20.3 Å². The van der Waals surface area contributed by atoms with E-state index in [1.807, 2.05) is 18.4 Å². The van der Waals surface area contributed by atoms with Crippen LogP contribution in [0.15, 0.2) is 10.9 Å². The molecular formula is C14H21N5OS. The van der Waals surface area contributed by atoms with E-state index in [1.54, 1.807) is 6.07 Å². The fourth-order valence-corrected chi connectivity index (χ4v) is 2.47. The summed E-state index contributed by atoms with van der Waals surface area (Å²) in [5.41, 5.74) is 1.24. The van der Waals surface area contributed by atoms with Crippen LogP contribution in [0.5, 0.6) is 0 Å². The van der Waals surface area contributed by atoms with Crippen LogP contribution in [0.2, 0.25) is 0 Å². The van der Waals surface area contributed by atoms with Crippen molar-refractivity contribution >= 4 is 12.2 Å². The Labute approximate surface area is 128 Å². The lowest BCUT2D eigenvalue weighted by molar-refractivity contribution is 0.560. The van der Waals surface area contributed by atoms with Crippen LogP contribution < -0.4 is 5.56 Å². The minimum atomic E-state index is -0.116. The number of nitrogens with zero attached hydrogens (tertiary/aromatic N) is 4. The van der Waals surface area contributed by atoms with Gasteiger partial charge in [0.05, 0.1) is 11.3 Å². The first-order chi connectivity index (χ1) is 10.1. The first-order valence-electron chi connectivity index (χ1n) is 7.32. The molecule has 0 aliphatic rings. The molecule has 2 aromatic heterocycles. The quantitative estimate of drug-likeness (QED) is 0.833. The predicted octanol–water partition coefficient (Wildman–Crippen LogP) is 2.68. The minimum absolute atomic E-state index is 0.116. The van der Waals surface area contributed by atoms with Gasteiger partial charge in [0.25, 0.3) is 5.56 Å². The molecule has 0 aliphatic heterocycles. The van der Waals surface area contributed by atoms with Gasteiger partial charge in [0.15, 0.2) is 10.6 Å². The largest absolute Gasteiger partial charge is 0.300 e. The van der Waals surface area contributed by atoms with Gasteiger partial charge in [0, 0.05) is 13.1 Å². The third-order valence-electron chi connectivity index (χ3n) is 3.27. The lowest BCUT2D eigenvalue weighted by Gasteiger charge is -2.09. The summed E-state index contributed by atoms with van der Waals surface area (Å²) in [5, 5.41) is 11.3. The van der Waals surface area contributed by atoms with Crippen molar-refractivity contribution < 1.29 is 0 Å². The summed E-state index contributed by atoms with van der Waals surface area (Å²) in [5.74, 6) is 0.605. The highest BCUT2D eigenvalue weighted by atomic mass is 32.1. The third kappa shape index (κ3) is 3.29. The molecule has 2 rings (SSSR count). The van der Waals surface area contributed by atoms with Crippen molar-refractivity contribution in [2.75, 3.05) is 0 Å². The summed E-state index contributed by atoms with van der Waals surface area (Å²) in [7, 11) is 0. The van der Waals surface area contributed by atoms with Crippen LogP contribution in [-0.4, -0.2) is 24.5 Å². The second-order valence-corrected chi connectivity index (χ2v) is 5.47. The number of nitrogens with one attached hydrogen (secondary N) is 1. The van der Waals surface area contributed by atoms with Gasteiger partial charge < -0.3 is 4.57 Å². The molecule has 0 amide bonds. The molecule has 0 aliphatic carbocycles. The molecule has 0 unspecified atom stereocenters. The van der Waals surface area contributed by atoms with E-state index in [9.17, 15) is 4.79 Å². The fraction of sp³-hybridized carbons (Fsp3) is 0.571. The lowest BCUT2D eigenvalue weighted by atomic mass is 10.2. The van der Waals surface area contributed by atoms with Gasteiger partial charge in [-0.2, -0.15) is 10.2 Å². The van der Waals surface area contributed by atoms with E-state index < -0.39 is 0 Å². The highest BCUT2D eigenvalue weighted by Crippen LogP contribution is 2.14. The Morgan fingerprint density at radius 3 is 2.71 bits per heavy atom. The highest BCUT2D eigenvalue weighted by molar-refractivity contribution is 7.71. The van der Waals surface area contributed by atoms with Crippen molar-refractivity contribution in [3.05, 3.63) is 26.9 Å². The molecule has 0 bridgehead atoms. The Morgan fingerprint density at radius 1 is 1.29 bits per heavy atom. The molecule has 114 valence electrons. The summed E-state index contributed by atoms with van der Waals surface area (Å²) < 4.78 is 3.95. The molecule has 0 saturated heterocycles. The highest BCUT2D eigenvalue weighted by Gasteiger charge is 2.15. The van der Waals surface area contributed by atoms with E-state index in [1.165, 1.54) is 4.68 Å². The normalized spacial score (nSPS) is 11.0. The van der Waals surface area contributed by atoms with E-state index >= 15 is 0 Å². The zero-order chi connectivity index (χ0) is 15.4. The molecule has 7 heteroatoms. The third-order valence-corrected chi connectivity index (χ3v) is 3.58. The van der Waals surface area contributed by atoms with Crippen molar-refractivity contribution in [1.82, 2.24) is 24.5 Å². The van der Waals surface area contributed by atoms with Crippen molar-refractivity contribution in [2.45, 2.75) is 53.1 Å². The van der Waals surface area contributed by atoms with Crippen LogP contribution in [0.1, 0.15) is 38.8 Å². The topological polar surface area (TPSA) is 68.5 Å². The van der Waals surface area contributed by atoms with Gasteiger partial charge in [0.2, 0.25) is 0 Å². The second-order valence-electron chi connectivity index (χ2n) is 5.09. The molecule has 0 spiro atoms. The molecule has 2 heterocycles. The number of unbranched alkanes of at least 4 members (excludes halogenated alkanes) is 1. The maximum Gasteiger partial charge on any atom is 0.277 e. The zero-order valence-corrected chi connectivity index (χ0v) is 13.5. The maximum atomic E-state index is 12.5. The van der Waals surface area contributed by atoms with Crippen LogP contribution in [0.4, 0.5) is 0 Å². The molecule has 0 aromatic carbocycles. The summed E-state index contributed by atoms with van der Waals surface area (Å²) in [4.78, 5) is 12.5. The monoisotopic (exact) mass is 307 g/mol. The molecule has 2 aromatic rings. The van der Waals surface area contributed by atoms with Gasteiger partial charge in [-0.15, -0.1) is 0 Å². The zero-order valence-electron chi connectivity index (χ0n) is 12.7. The van der Waals surface area contributed by atoms with Crippen LogP contribution in [0, 0.1) is 11.7 Å². The second kappa shape index (κ2) is 6.80. The van der Waals surface area contributed by atoms with Gasteiger partial charge in [-0.05, 0) is 38.0 Å². The average molecular weight is 307 g/mol. The Morgan fingerprint density at radius 2 is 2.05 bits per heavy atom. The number of aromatic nitrogens is 5. The van der Waals surface area contributed by atoms with E-state index in [-0.39, 0.29) is 5.56 Å². The van der Waals surface area contributed by atoms with Gasteiger partial charge in [-0.25, -0.2) is 4.68 Å². The van der Waals surface area contributed by atoms with Crippen LogP contribution in [0.3, 0.4) is 0 Å². The smallest absolute Gasteiger partial charge is 0.277 e. The fourth-order valence-electron chi connectivity index (χ4n) is 2.24. The first kappa shape index (κ1) is 15.6. The van der Waals surface area contributed by atoms with Crippen molar-refractivity contribution in [2.24, 2.45) is 0 Å². The van der Waals surface area contributed by atoms with Gasteiger partial charge >= 0.3 is 0 Å². The van der Waals surface area contributed by atoms with Gasteiger partial charge in [-0.3, -0.25) is 9.89 Å². The van der Waals surface area contributed by atoms with Crippen molar-refractivity contribution in [3.63, 3.8) is 0 Å². The Kier molecular flexibility index (Phi) is 5.06. The van der Waals surface area contributed by atoms with Crippen molar-refractivity contribution in [3.8, 4) is 11.4 Å². The van der Waals surface area contributed by atoms with E-state index in [4.69, 9.17) is 12.2 Å². The summed E-state index contributed by atoms with van der Waals surface area (Å²) in [6.07, 6.45) is 2.91. The maximum absolute atomic E-state index is 12.5. The van der Waals surface area contributed by atoms with Crippen LogP contribution in [0.25, 0.3) is 11.4 Å². The van der Waals surface area contributed by atoms with Crippen LogP contribution >= 0.6 is 12.2 Å². The summed E-state index contributed by atoms with van der Waals surface area (Å²) in [6, 6.07) is 1.78. The van der Waals surface area contributed by atoms with Crippen LogP contribution in [-0.2, 0) is 13.1 Å². The number of rotatable bonds is 6. The lowest BCUT2D eigenvalue weighted by Crippen LogP contribution is -2.26. The first-order valence-corrected chi connectivity index (χ1v) is 7.73. The predicted molar refractivity (Wildman–Crippen MR) is 84.8 cm³/mol. The molecule has 21 heavy (non-hydrogen) atoms. The minimum Gasteiger partial charge on any atom is -0.300 e. The van der Waals surface area contributed by atoms with Crippen molar-refractivity contribution in [1.29, 1.82) is 0 Å². The standard InChI is InChI=1S/C14H21N5OS/c1-4-6-8-18-12(15-16-14(18)21)11-9-10(3)17-19(7-5-2)13(11)20/h9H,4-8H2,1-3H3,(H,16,21). The van der Waals surface area contributed by atoms with E-state index in [0.29, 0.717) is 22.7 Å². The van der Waals surface area contributed by atoms with E-state index in [0.717, 1.165) is 31.5 Å². The summed E-state index contributed by atoms with van der Waals surface area (Å²) >= 11 is 5.27. The Balaban J connectivity index is 2.57. The summed E-state index contributed by atoms with van der Waals surface area (Å²) in [6.45, 7) is 7.39. The average Bonchev–Trinajstić information content (AvgIpc) is 2.81. The number of hydrogen-bond acceptors (Lipinski definition) is 4. The Hall–Kier alpha value is -1.76. The molecule has 0 atom stereocenters. The SMILES string of the molecule is CCCCn1c(-c2cc(C)nn(CCC)c2=O)n[nH]c1=S. The molecule has 6 nitrogen and oxygen atoms in total. The molecule has 1 N–H and O–H groups in total. The Bertz CT molecular complexity index is 728. The molecule has 0 saturated carbocycles. The number of aryl methyl sites for hydroxylation is 2. The molecule has 0 fully saturated rings. The number of hydrogen-bond donors (Lipinski definition) is 1. The number of H-pyrrole nitrogens is 1. The van der Waals surface area contributed by atoms with Gasteiger partial charge in [0.1, 0.15) is 0 Å². The number of aromatic amines is 1. The van der Waals surface area contributed by atoms with E-state index in [2.05, 4.69) is 22.2 Å².